The third-order valence-corrected chi connectivity index (χ3v) is 7.25. The average Bonchev–Trinajstić information content (AvgIpc) is 2.68. The van der Waals surface area contributed by atoms with Gasteiger partial charge in [-0.05, 0) is 37.7 Å². The van der Waals surface area contributed by atoms with E-state index in [2.05, 4.69) is 6.42 Å². The van der Waals surface area contributed by atoms with Crippen LogP contribution in [0.3, 0.4) is 0 Å². The molecule has 0 unspecified atom stereocenters. The number of nitrogens with zero attached hydrogens (tertiary/aromatic N) is 2. The molecule has 3 rings (SSSR count). The number of piperidine rings is 2. The number of hydrogen-bond donors (Lipinski definition) is 0. The van der Waals surface area contributed by atoms with Crippen molar-refractivity contribution in [2.24, 2.45) is 0 Å². The van der Waals surface area contributed by atoms with Crippen molar-refractivity contribution in [1.29, 1.82) is 0 Å². The number of rotatable bonds is 4. The number of carbonyl (C=O) groups excluding carboxylic acids is 1. The number of carbonyl (C=O) groups is 1. The minimum absolute atomic E-state index is 0.238. The summed E-state index contributed by atoms with van der Waals surface area (Å²) >= 11 is 0. The van der Waals surface area contributed by atoms with Gasteiger partial charge in [0.15, 0.2) is 0 Å². The molecule has 2 fully saturated rings. The number of amides is 1. The van der Waals surface area contributed by atoms with Crippen LogP contribution in [-0.2, 0) is 21.4 Å². The maximum absolute atomic E-state index is 12.7. The van der Waals surface area contributed by atoms with Gasteiger partial charge in [-0.25, -0.2) is 17.5 Å². The molecule has 0 bridgehead atoms. The largest absolute Gasteiger partial charge is 0.445 e. The van der Waals surface area contributed by atoms with Crippen LogP contribution in [0.1, 0.15) is 31.2 Å². The molecule has 1 aromatic rings. The van der Waals surface area contributed by atoms with Crippen molar-refractivity contribution in [3.63, 3.8) is 0 Å². The lowest BCUT2D eigenvalue weighted by atomic mass is 10.1. The van der Waals surface area contributed by atoms with Gasteiger partial charge in [-0.2, -0.15) is 0 Å². The fourth-order valence-electron chi connectivity index (χ4n) is 3.34. The molecule has 2 aliphatic heterocycles. The zero-order valence-electron chi connectivity index (χ0n) is 14.3. The summed E-state index contributed by atoms with van der Waals surface area (Å²) in [6.45, 7) is 2.26. The topological polar surface area (TPSA) is 66.9 Å². The molecule has 2 heterocycles. The zero-order valence-corrected chi connectivity index (χ0v) is 15.2. The molecule has 137 valence electrons. The summed E-state index contributed by atoms with van der Waals surface area (Å²) in [5.41, 5.74) is 0.940. The van der Waals surface area contributed by atoms with Crippen LogP contribution in [0.4, 0.5) is 4.79 Å². The van der Waals surface area contributed by atoms with Crippen LogP contribution in [0.15, 0.2) is 30.3 Å². The predicted octanol–water partition coefficient (Wildman–Crippen LogP) is 2.42. The van der Waals surface area contributed by atoms with E-state index >= 15 is 0 Å². The van der Waals surface area contributed by atoms with Crippen molar-refractivity contribution in [3.05, 3.63) is 42.3 Å². The highest BCUT2D eigenvalue weighted by Crippen LogP contribution is 2.24. The highest BCUT2D eigenvalue weighted by Gasteiger charge is 2.36. The number of benzene rings is 1. The Kier molecular flexibility index (Phi) is 5.96. The van der Waals surface area contributed by atoms with Crippen LogP contribution in [0.5, 0.6) is 0 Å². The second kappa shape index (κ2) is 8.19. The summed E-state index contributed by atoms with van der Waals surface area (Å²) in [5.74, 6) is 0. The third kappa shape index (κ3) is 4.52. The number of likely N-dealkylation sites (tertiary alicyclic amines) is 1. The molecule has 7 heteroatoms. The number of sulfonamides is 1. The van der Waals surface area contributed by atoms with Crippen LogP contribution in [0.2, 0.25) is 0 Å². The third-order valence-electron chi connectivity index (χ3n) is 4.85. The first-order chi connectivity index (χ1) is 12.1. The smallest absolute Gasteiger partial charge is 0.410 e. The molecule has 1 amide bonds. The molecule has 25 heavy (non-hydrogen) atoms. The summed E-state index contributed by atoms with van der Waals surface area (Å²) < 4.78 is 32.4. The lowest BCUT2D eigenvalue weighted by Gasteiger charge is -2.35. The first kappa shape index (κ1) is 18.2. The molecule has 0 spiro atoms. The molecule has 1 aromatic carbocycles. The van der Waals surface area contributed by atoms with Crippen molar-refractivity contribution in [2.75, 3.05) is 26.2 Å². The Balaban J connectivity index is 1.48. The van der Waals surface area contributed by atoms with E-state index in [1.807, 2.05) is 30.3 Å². The Labute approximate surface area is 149 Å². The number of hydrogen-bond acceptors (Lipinski definition) is 4. The first-order valence-electron chi connectivity index (χ1n) is 8.83. The standard InChI is InChI=1S/C18H25N2O4S/c21-18(24-15-16-7-3-1-4-8-16)19-13-9-17(10-14-19)25(22,23)20-11-5-2-6-12-20/h1-4,7-8,17H,5-6,9-15H2. The van der Waals surface area contributed by atoms with E-state index in [0.29, 0.717) is 39.0 Å². The van der Waals surface area contributed by atoms with Crippen molar-refractivity contribution in [2.45, 2.75) is 37.5 Å². The van der Waals surface area contributed by atoms with E-state index in [9.17, 15) is 13.2 Å². The molecule has 0 saturated carbocycles. The Morgan fingerprint density at radius 2 is 1.68 bits per heavy atom. The minimum atomic E-state index is -3.25. The molecule has 1 radical (unpaired) electrons. The second-order valence-electron chi connectivity index (χ2n) is 6.54. The van der Waals surface area contributed by atoms with Crippen molar-refractivity contribution in [3.8, 4) is 0 Å². The Bertz CT molecular complexity index is 664. The van der Waals surface area contributed by atoms with Crippen LogP contribution < -0.4 is 0 Å². The number of ether oxygens (including phenoxy) is 1. The maximum atomic E-state index is 12.7. The SMILES string of the molecule is O=C(OCc1ccccc1)N1CCC(S(=O)(=O)N2CC[CH]CC2)CC1. The van der Waals surface area contributed by atoms with Crippen LogP contribution in [0.25, 0.3) is 0 Å². The molecule has 2 saturated heterocycles. The fraction of sp³-hybridized carbons (Fsp3) is 0.556. The van der Waals surface area contributed by atoms with Gasteiger partial charge in [-0.15, -0.1) is 0 Å². The van der Waals surface area contributed by atoms with E-state index in [1.54, 1.807) is 9.21 Å². The fourth-order valence-corrected chi connectivity index (χ4v) is 5.29. The summed E-state index contributed by atoms with van der Waals surface area (Å²) in [4.78, 5) is 13.8. The predicted molar refractivity (Wildman–Crippen MR) is 95.2 cm³/mol. The van der Waals surface area contributed by atoms with Crippen LogP contribution in [-0.4, -0.2) is 55.1 Å². The van der Waals surface area contributed by atoms with Gasteiger partial charge in [0.2, 0.25) is 10.0 Å². The second-order valence-corrected chi connectivity index (χ2v) is 8.75. The van der Waals surface area contributed by atoms with Crippen molar-refractivity contribution in [1.82, 2.24) is 9.21 Å². The zero-order chi connectivity index (χ0) is 17.7. The van der Waals surface area contributed by atoms with Gasteiger partial charge >= 0.3 is 6.09 Å². The van der Waals surface area contributed by atoms with Gasteiger partial charge in [0.1, 0.15) is 6.61 Å². The van der Waals surface area contributed by atoms with Gasteiger partial charge in [0.05, 0.1) is 5.25 Å². The monoisotopic (exact) mass is 365 g/mol. The lowest BCUT2D eigenvalue weighted by molar-refractivity contribution is 0.0895. The molecule has 0 aromatic heterocycles. The Hall–Kier alpha value is -1.60. The van der Waals surface area contributed by atoms with Crippen molar-refractivity contribution < 1.29 is 17.9 Å². The Morgan fingerprint density at radius 1 is 1.04 bits per heavy atom. The van der Waals surface area contributed by atoms with Gasteiger partial charge < -0.3 is 9.64 Å². The van der Waals surface area contributed by atoms with E-state index in [4.69, 9.17) is 4.74 Å². The lowest BCUT2D eigenvalue weighted by Crippen LogP contribution is -2.48. The summed E-state index contributed by atoms with van der Waals surface area (Å²) in [6, 6.07) is 9.52. The molecule has 6 nitrogen and oxygen atoms in total. The van der Waals surface area contributed by atoms with E-state index < -0.39 is 10.0 Å². The van der Waals surface area contributed by atoms with Gasteiger partial charge in [0.25, 0.3) is 0 Å². The minimum Gasteiger partial charge on any atom is -0.445 e. The summed E-state index contributed by atoms with van der Waals surface area (Å²) in [7, 11) is -3.25. The molecule has 0 N–H and O–H groups in total. The van der Waals surface area contributed by atoms with E-state index in [0.717, 1.165) is 18.4 Å². The van der Waals surface area contributed by atoms with Crippen LogP contribution in [0, 0.1) is 6.42 Å². The molecular weight excluding hydrogens is 340 g/mol. The van der Waals surface area contributed by atoms with Crippen molar-refractivity contribution >= 4 is 16.1 Å². The van der Waals surface area contributed by atoms with E-state index in [-0.39, 0.29) is 18.0 Å². The quantitative estimate of drug-likeness (QED) is 0.822. The van der Waals surface area contributed by atoms with E-state index in [1.165, 1.54) is 0 Å². The molecular formula is C18H25N2O4S. The van der Waals surface area contributed by atoms with Crippen LogP contribution >= 0.6 is 0 Å². The summed E-state index contributed by atoms with van der Waals surface area (Å²) in [6.07, 6.45) is 4.36. The first-order valence-corrected chi connectivity index (χ1v) is 10.3. The highest BCUT2D eigenvalue weighted by atomic mass is 32.2. The summed E-state index contributed by atoms with van der Waals surface area (Å²) in [5, 5.41) is -0.385. The maximum Gasteiger partial charge on any atom is 0.410 e. The normalized spacial score (nSPS) is 20.4. The molecule has 0 aliphatic carbocycles. The van der Waals surface area contributed by atoms with Gasteiger partial charge in [-0.3, -0.25) is 0 Å². The van der Waals surface area contributed by atoms with Gasteiger partial charge in [-0.1, -0.05) is 30.3 Å². The van der Waals surface area contributed by atoms with Gasteiger partial charge in [0, 0.05) is 26.2 Å². The molecule has 0 atom stereocenters. The molecule has 2 aliphatic rings. The average molecular weight is 365 g/mol. The Morgan fingerprint density at radius 3 is 2.32 bits per heavy atom. The highest BCUT2D eigenvalue weighted by molar-refractivity contribution is 7.89.